The number of hydrogen-bond donors (Lipinski definition) is 2. The van der Waals surface area contributed by atoms with Crippen LogP contribution in [-0.2, 0) is 14.9 Å². The van der Waals surface area contributed by atoms with Gasteiger partial charge in [-0.2, -0.15) is 0 Å². The average Bonchev–Trinajstić information content (AvgIpc) is 2.67. The van der Waals surface area contributed by atoms with Gasteiger partial charge in [-0.3, -0.25) is 9.63 Å². The van der Waals surface area contributed by atoms with Gasteiger partial charge >= 0.3 is 0 Å². The van der Waals surface area contributed by atoms with E-state index in [1.165, 1.54) is 12.1 Å². The maximum atomic E-state index is 15.0. The molecule has 0 atom stereocenters. The third-order valence-corrected chi connectivity index (χ3v) is 6.53. The Kier molecular flexibility index (Phi) is 8.16. The normalized spacial score (nSPS) is 11.4. The molecule has 0 aromatic heterocycles. The van der Waals surface area contributed by atoms with Crippen molar-refractivity contribution in [3.63, 3.8) is 0 Å². The molecule has 0 heterocycles. The average molecular weight is 572 g/mol. The second-order valence-corrected chi connectivity index (χ2v) is 9.77. The van der Waals surface area contributed by atoms with E-state index in [1.54, 1.807) is 12.1 Å². The monoisotopic (exact) mass is 571 g/mol. The summed E-state index contributed by atoms with van der Waals surface area (Å²) in [6.45, 7) is 3.35. The first-order valence-corrected chi connectivity index (χ1v) is 11.1. The number of nitrogens with one attached hydrogen (secondary N) is 2. The maximum Gasteiger partial charge on any atom is 0.277 e. The van der Waals surface area contributed by atoms with Crippen molar-refractivity contribution in [2.75, 3.05) is 26.0 Å². The van der Waals surface area contributed by atoms with E-state index in [4.69, 9.17) is 16.4 Å². The molecule has 0 aliphatic rings. The first-order chi connectivity index (χ1) is 14.0. The van der Waals surface area contributed by atoms with E-state index < -0.39 is 43.7 Å². The number of carbonyl (C=O) groups excluding carboxylic acids is 1. The van der Waals surface area contributed by atoms with Gasteiger partial charge in [0.15, 0.2) is 11.6 Å². The van der Waals surface area contributed by atoms with Gasteiger partial charge < -0.3 is 5.32 Å². The summed E-state index contributed by atoms with van der Waals surface area (Å²) in [5.74, 6) is -4.21. The van der Waals surface area contributed by atoms with E-state index in [-0.39, 0.29) is 17.3 Å². The van der Waals surface area contributed by atoms with Gasteiger partial charge in [-0.05, 0) is 46.9 Å². The summed E-state index contributed by atoms with van der Waals surface area (Å²) in [5.41, 5.74) is 1.09. The van der Waals surface area contributed by atoms with Gasteiger partial charge in [0, 0.05) is 17.7 Å². The molecule has 12 heteroatoms. The fraction of sp³-hybridized carbons (Fsp3) is 0.167. The van der Waals surface area contributed by atoms with Crippen molar-refractivity contribution in [3.05, 3.63) is 62.7 Å². The van der Waals surface area contributed by atoms with Crippen molar-refractivity contribution >= 4 is 61.5 Å². The molecule has 2 aromatic rings. The van der Waals surface area contributed by atoms with Crippen molar-refractivity contribution in [2.24, 2.45) is 0 Å². The zero-order valence-corrected chi connectivity index (χ0v) is 19.5. The quantitative estimate of drug-likeness (QED) is 0.216. The van der Waals surface area contributed by atoms with Crippen LogP contribution in [-0.4, -0.2) is 39.3 Å². The first-order valence-electron chi connectivity index (χ1n) is 8.20. The van der Waals surface area contributed by atoms with E-state index >= 15 is 0 Å². The van der Waals surface area contributed by atoms with Crippen LogP contribution in [0.5, 0.6) is 0 Å². The Labute approximate surface area is 191 Å². The van der Waals surface area contributed by atoms with Crippen molar-refractivity contribution < 1.29 is 26.8 Å². The summed E-state index contributed by atoms with van der Waals surface area (Å²) in [4.78, 5) is 16.4. The van der Waals surface area contributed by atoms with Crippen LogP contribution in [0.25, 0.3) is 0 Å². The van der Waals surface area contributed by atoms with Gasteiger partial charge in [0.25, 0.3) is 5.91 Å². The fourth-order valence-electron chi connectivity index (χ4n) is 2.24. The number of rotatable bonds is 8. The van der Waals surface area contributed by atoms with Gasteiger partial charge in [-0.15, -0.1) is 6.58 Å². The van der Waals surface area contributed by atoms with Crippen LogP contribution >= 0.6 is 34.2 Å². The minimum atomic E-state index is -4.39. The third kappa shape index (κ3) is 5.27. The van der Waals surface area contributed by atoms with E-state index in [0.717, 1.165) is 23.7 Å². The molecule has 0 spiro atoms. The minimum Gasteiger partial charge on any atom is -0.351 e. The van der Waals surface area contributed by atoms with Crippen LogP contribution in [0.4, 0.5) is 20.2 Å². The highest BCUT2D eigenvalue weighted by molar-refractivity contribution is 14.1. The topological polar surface area (TPSA) is 87.7 Å². The molecular weight excluding hydrogens is 555 g/mol. The lowest BCUT2D eigenvalue weighted by Crippen LogP contribution is -2.28. The van der Waals surface area contributed by atoms with Crippen LogP contribution < -0.4 is 10.8 Å². The van der Waals surface area contributed by atoms with E-state index in [0.29, 0.717) is 4.31 Å². The van der Waals surface area contributed by atoms with E-state index in [1.807, 2.05) is 28.1 Å². The number of amides is 1. The Morgan fingerprint density at radius 2 is 1.97 bits per heavy atom. The Balaban J connectivity index is 2.68. The number of sulfonamides is 1. The van der Waals surface area contributed by atoms with Crippen molar-refractivity contribution in [1.29, 1.82) is 0 Å². The highest BCUT2D eigenvalue weighted by Crippen LogP contribution is 2.34. The number of carbonyl (C=O) groups is 1. The molecule has 2 rings (SSSR count). The Hall–Kier alpha value is -1.80. The summed E-state index contributed by atoms with van der Waals surface area (Å²) in [5, 5.41) is 2.74. The highest BCUT2D eigenvalue weighted by atomic mass is 127. The van der Waals surface area contributed by atoms with Crippen LogP contribution in [0.2, 0.25) is 5.02 Å². The number of anilines is 2. The predicted molar refractivity (Wildman–Crippen MR) is 118 cm³/mol. The summed E-state index contributed by atoms with van der Waals surface area (Å²) in [6, 6.07) is 5.45. The standard InChI is InChI=1S/C18H17ClF2IN3O4S/c1-4-7-29-24-18(26)11-9-14(30(27,28)25(2)3)15(20)16(21)17(11)23-13-6-5-10(22)8-12(13)19/h4-6,8-9,23H,1,7H2,2-3H3,(H,24,26). The molecule has 162 valence electrons. The molecule has 0 saturated carbocycles. The molecule has 0 saturated heterocycles. The lowest BCUT2D eigenvalue weighted by molar-refractivity contribution is 0.0422. The molecule has 1 amide bonds. The maximum absolute atomic E-state index is 15.0. The third-order valence-electron chi connectivity index (χ3n) is 3.73. The van der Waals surface area contributed by atoms with E-state index in [9.17, 15) is 22.0 Å². The van der Waals surface area contributed by atoms with Crippen LogP contribution in [0.15, 0.2) is 41.8 Å². The van der Waals surface area contributed by atoms with Gasteiger partial charge in [-0.25, -0.2) is 27.0 Å². The summed E-state index contributed by atoms with van der Waals surface area (Å²) < 4.78 is 56.0. The largest absolute Gasteiger partial charge is 0.351 e. The number of nitrogens with zero attached hydrogens (tertiary/aromatic N) is 1. The lowest BCUT2D eigenvalue weighted by atomic mass is 10.1. The SMILES string of the molecule is C=CCONC(=O)c1cc(S(=O)(=O)N(C)C)c(F)c(F)c1Nc1ccc(I)cc1Cl. The molecule has 30 heavy (non-hydrogen) atoms. The lowest BCUT2D eigenvalue weighted by Gasteiger charge is -2.18. The predicted octanol–water partition coefficient (Wildman–Crippen LogP) is 4.06. The van der Waals surface area contributed by atoms with Gasteiger partial charge in [0.1, 0.15) is 4.90 Å². The summed E-state index contributed by atoms with van der Waals surface area (Å²) >= 11 is 8.14. The van der Waals surface area contributed by atoms with Crippen LogP contribution in [0.3, 0.4) is 0 Å². The number of hydroxylamine groups is 1. The van der Waals surface area contributed by atoms with Gasteiger partial charge in [-0.1, -0.05) is 17.7 Å². The molecular formula is C18H17ClF2IN3O4S. The molecule has 0 fully saturated rings. The Bertz CT molecular complexity index is 1100. The van der Waals surface area contributed by atoms with Gasteiger partial charge in [0.05, 0.1) is 28.6 Å². The molecule has 0 bridgehead atoms. The zero-order chi connectivity index (χ0) is 22.6. The Morgan fingerprint density at radius 3 is 2.53 bits per heavy atom. The highest BCUT2D eigenvalue weighted by Gasteiger charge is 2.30. The number of benzene rings is 2. The molecule has 0 radical (unpaired) electrons. The minimum absolute atomic E-state index is 0.0655. The Morgan fingerprint density at radius 1 is 1.30 bits per heavy atom. The summed E-state index contributed by atoms with van der Waals surface area (Å²) in [6.07, 6.45) is 1.35. The van der Waals surface area contributed by atoms with E-state index in [2.05, 4.69) is 11.9 Å². The second kappa shape index (κ2) is 10.0. The molecule has 0 aliphatic carbocycles. The molecule has 7 nitrogen and oxygen atoms in total. The van der Waals surface area contributed by atoms with Gasteiger partial charge in [0.2, 0.25) is 10.0 Å². The first kappa shape index (κ1) is 24.5. The van der Waals surface area contributed by atoms with Crippen molar-refractivity contribution in [1.82, 2.24) is 9.79 Å². The molecule has 0 unspecified atom stereocenters. The fourth-order valence-corrected chi connectivity index (χ4v) is 4.11. The molecule has 2 aromatic carbocycles. The second-order valence-electron chi connectivity index (χ2n) is 5.99. The zero-order valence-electron chi connectivity index (χ0n) is 15.8. The number of hydrogen-bond acceptors (Lipinski definition) is 5. The number of halogens is 4. The van der Waals surface area contributed by atoms with Crippen LogP contribution in [0.1, 0.15) is 10.4 Å². The smallest absolute Gasteiger partial charge is 0.277 e. The van der Waals surface area contributed by atoms with Crippen molar-refractivity contribution in [2.45, 2.75) is 4.90 Å². The molecule has 0 aliphatic heterocycles. The van der Waals surface area contributed by atoms with Crippen molar-refractivity contribution in [3.8, 4) is 0 Å². The van der Waals surface area contributed by atoms with Crippen LogP contribution in [0, 0.1) is 15.2 Å². The molecule has 2 N–H and O–H groups in total. The summed E-state index contributed by atoms with van der Waals surface area (Å²) in [7, 11) is -2.09.